The molecular formula is C25H27N3O3. The van der Waals surface area contributed by atoms with Crippen LogP contribution in [-0.2, 0) is 19.4 Å². The average Bonchev–Trinajstić information content (AvgIpc) is 3.46. The molecule has 0 aliphatic carbocycles. The molecule has 6 nitrogen and oxygen atoms in total. The highest BCUT2D eigenvalue weighted by atomic mass is 16.5. The molecule has 2 aromatic heterocycles. The Kier molecular flexibility index (Phi) is 6.67. The van der Waals surface area contributed by atoms with Crippen molar-refractivity contribution in [2.75, 3.05) is 13.2 Å². The first-order valence-electron chi connectivity index (χ1n) is 10.7. The third-order valence-corrected chi connectivity index (χ3v) is 5.24. The minimum absolute atomic E-state index is 0.213. The molecule has 1 N–H and O–H groups in total. The van der Waals surface area contributed by atoms with E-state index in [1.165, 1.54) is 11.8 Å². The van der Waals surface area contributed by atoms with Crippen molar-refractivity contribution < 1.29 is 13.9 Å². The van der Waals surface area contributed by atoms with E-state index in [4.69, 9.17) is 14.1 Å². The van der Waals surface area contributed by atoms with E-state index in [-0.39, 0.29) is 5.91 Å². The van der Waals surface area contributed by atoms with Crippen molar-refractivity contribution in [3.8, 4) is 5.75 Å². The van der Waals surface area contributed by atoms with E-state index in [1.807, 2.05) is 30.3 Å². The van der Waals surface area contributed by atoms with Gasteiger partial charge in [-0.15, -0.1) is 0 Å². The van der Waals surface area contributed by atoms with E-state index in [0.717, 1.165) is 42.0 Å². The highest BCUT2D eigenvalue weighted by molar-refractivity contribution is 5.91. The molecule has 0 radical (unpaired) electrons. The third kappa shape index (κ3) is 5.15. The van der Waals surface area contributed by atoms with Crippen LogP contribution >= 0.6 is 0 Å². The van der Waals surface area contributed by atoms with Crippen LogP contribution in [0.5, 0.6) is 5.75 Å². The van der Waals surface area contributed by atoms with Crippen molar-refractivity contribution in [2.24, 2.45) is 0 Å². The molecule has 0 unspecified atom stereocenters. The van der Waals surface area contributed by atoms with Crippen LogP contribution in [0.4, 0.5) is 0 Å². The molecule has 0 bridgehead atoms. The summed E-state index contributed by atoms with van der Waals surface area (Å²) in [7, 11) is 0. The summed E-state index contributed by atoms with van der Waals surface area (Å²) >= 11 is 0. The molecule has 0 fully saturated rings. The van der Waals surface area contributed by atoms with Crippen molar-refractivity contribution in [1.82, 2.24) is 14.9 Å². The lowest BCUT2D eigenvalue weighted by molar-refractivity contribution is 0.0926. The first-order valence-corrected chi connectivity index (χ1v) is 10.7. The molecule has 1 amide bonds. The number of rotatable bonds is 10. The lowest BCUT2D eigenvalue weighted by Crippen LogP contribution is -2.26. The molecule has 160 valence electrons. The summed E-state index contributed by atoms with van der Waals surface area (Å²) in [5.74, 6) is 1.95. The Morgan fingerprint density at radius 1 is 1.10 bits per heavy atom. The van der Waals surface area contributed by atoms with Crippen LogP contribution in [0.1, 0.15) is 35.3 Å². The zero-order chi connectivity index (χ0) is 21.5. The Labute approximate surface area is 181 Å². The number of para-hydroxylation sites is 2. The number of hydrogen-bond acceptors (Lipinski definition) is 4. The molecule has 4 aromatic rings. The zero-order valence-corrected chi connectivity index (χ0v) is 17.7. The summed E-state index contributed by atoms with van der Waals surface area (Å²) in [4.78, 5) is 16.9. The molecule has 4 rings (SSSR count). The standard InChI is InChI=1S/C25H27N3O3/c1-2-19-10-12-20(13-11-19)30-18-6-16-28-22-8-4-3-7-21(22)27-24(28)14-15-26-25(29)23-9-5-17-31-23/h3-5,7-13,17H,2,6,14-16,18H2,1H3,(H,26,29). The van der Waals surface area contributed by atoms with Crippen molar-refractivity contribution in [2.45, 2.75) is 32.7 Å². The minimum atomic E-state index is -0.213. The van der Waals surface area contributed by atoms with Gasteiger partial charge in [0.25, 0.3) is 5.91 Å². The number of nitrogens with one attached hydrogen (secondary N) is 1. The first kappa shape index (κ1) is 20.7. The van der Waals surface area contributed by atoms with Crippen molar-refractivity contribution in [3.63, 3.8) is 0 Å². The molecule has 0 aliphatic heterocycles. The van der Waals surface area contributed by atoms with Gasteiger partial charge in [0.15, 0.2) is 5.76 Å². The number of fused-ring (bicyclic) bond motifs is 1. The number of imidazole rings is 1. The molecule has 2 heterocycles. The summed E-state index contributed by atoms with van der Waals surface area (Å²) in [6.45, 7) is 4.07. The van der Waals surface area contributed by atoms with Gasteiger partial charge in [-0.25, -0.2) is 4.98 Å². The summed E-state index contributed by atoms with van der Waals surface area (Å²) in [6.07, 6.45) is 4.02. The number of amides is 1. The number of ether oxygens (including phenoxy) is 1. The fourth-order valence-electron chi connectivity index (χ4n) is 3.58. The molecular weight excluding hydrogens is 390 g/mol. The van der Waals surface area contributed by atoms with Crippen LogP contribution in [0.25, 0.3) is 11.0 Å². The maximum absolute atomic E-state index is 12.1. The first-order chi connectivity index (χ1) is 15.2. The van der Waals surface area contributed by atoms with Crippen LogP contribution in [0, 0.1) is 0 Å². The molecule has 2 aromatic carbocycles. The molecule has 0 aliphatic rings. The van der Waals surface area contributed by atoms with Gasteiger partial charge in [-0.2, -0.15) is 0 Å². The maximum atomic E-state index is 12.1. The zero-order valence-electron chi connectivity index (χ0n) is 17.7. The molecule has 31 heavy (non-hydrogen) atoms. The molecule has 0 saturated carbocycles. The molecule has 0 saturated heterocycles. The van der Waals surface area contributed by atoms with E-state index in [9.17, 15) is 4.79 Å². The number of carbonyl (C=O) groups excluding carboxylic acids is 1. The Hall–Kier alpha value is -3.54. The molecule has 0 spiro atoms. The lowest BCUT2D eigenvalue weighted by atomic mass is 10.2. The van der Waals surface area contributed by atoms with E-state index in [0.29, 0.717) is 25.3 Å². The maximum Gasteiger partial charge on any atom is 0.286 e. The van der Waals surface area contributed by atoms with E-state index in [1.54, 1.807) is 12.1 Å². The van der Waals surface area contributed by atoms with Crippen LogP contribution in [0.3, 0.4) is 0 Å². The molecule has 0 atom stereocenters. The van der Waals surface area contributed by atoms with Gasteiger partial charge in [-0.1, -0.05) is 31.2 Å². The molecule has 6 heteroatoms. The van der Waals surface area contributed by atoms with Gasteiger partial charge in [-0.05, 0) is 54.8 Å². The van der Waals surface area contributed by atoms with Crippen molar-refractivity contribution in [1.29, 1.82) is 0 Å². The summed E-state index contributed by atoms with van der Waals surface area (Å²) in [5.41, 5.74) is 3.37. The Balaban J connectivity index is 1.36. The normalized spacial score (nSPS) is 11.0. The predicted molar refractivity (Wildman–Crippen MR) is 120 cm³/mol. The fraction of sp³-hybridized carbons (Fsp3) is 0.280. The topological polar surface area (TPSA) is 69.3 Å². The SMILES string of the molecule is CCc1ccc(OCCCn2c(CCNC(=O)c3ccco3)nc3ccccc32)cc1. The average molecular weight is 418 g/mol. The minimum Gasteiger partial charge on any atom is -0.494 e. The van der Waals surface area contributed by atoms with Gasteiger partial charge >= 0.3 is 0 Å². The summed E-state index contributed by atoms with van der Waals surface area (Å²) in [6, 6.07) is 19.7. The Bertz CT molecular complexity index is 1110. The Morgan fingerprint density at radius 3 is 2.71 bits per heavy atom. The van der Waals surface area contributed by atoms with Crippen molar-refractivity contribution in [3.05, 3.63) is 84.1 Å². The monoisotopic (exact) mass is 417 g/mol. The lowest BCUT2D eigenvalue weighted by Gasteiger charge is -2.11. The van der Waals surface area contributed by atoms with Crippen LogP contribution in [0.15, 0.2) is 71.3 Å². The summed E-state index contributed by atoms with van der Waals surface area (Å²) < 4.78 is 13.3. The third-order valence-electron chi connectivity index (χ3n) is 5.24. The largest absolute Gasteiger partial charge is 0.494 e. The van der Waals surface area contributed by atoms with Crippen LogP contribution < -0.4 is 10.1 Å². The number of hydrogen-bond donors (Lipinski definition) is 1. The van der Waals surface area contributed by atoms with Gasteiger partial charge in [-0.3, -0.25) is 4.79 Å². The number of benzene rings is 2. The van der Waals surface area contributed by atoms with Gasteiger partial charge < -0.3 is 19.0 Å². The van der Waals surface area contributed by atoms with Gasteiger partial charge in [0.05, 0.1) is 23.9 Å². The number of nitrogens with zero attached hydrogens (tertiary/aromatic N) is 2. The number of furan rings is 1. The second-order valence-electron chi connectivity index (χ2n) is 7.35. The second kappa shape index (κ2) is 9.98. The van der Waals surface area contributed by atoms with E-state index >= 15 is 0 Å². The quantitative estimate of drug-likeness (QED) is 0.382. The van der Waals surface area contributed by atoms with Gasteiger partial charge in [0, 0.05) is 19.5 Å². The highest BCUT2D eigenvalue weighted by Crippen LogP contribution is 2.18. The predicted octanol–water partition coefficient (Wildman–Crippen LogP) is 4.63. The van der Waals surface area contributed by atoms with Crippen LogP contribution in [-0.4, -0.2) is 28.6 Å². The number of carbonyl (C=O) groups is 1. The van der Waals surface area contributed by atoms with Crippen LogP contribution in [0.2, 0.25) is 0 Å². The number of aryl methyl sites for hydroxylation is 2. The highest BCUT2D eigenvalue weighted by Gasteiger charge is 2.12. The van der Waals surface area contributed by atoms with Crippen molar-refractivity contribution >= 4 is 16.9 Å². The van der Waals surface area contributed by atoms with E-state index < -0.39 is 0 Å². The second-order valence-corrected chi connectivity index (χ2v) is 7.35. The van der Waals surface area contributed by atoms with Gasteiger partial charge in [0.2, 0.25) is 0 Å². The number of aromatic nitrogens is 2. The fourth-order valence-corrected chi connectivity index (χ4v) is 3.58. The van der Waals surface area contributed by atoms with E-state index in [2.05, 4.69) is 35.0 Å². The smallest absolute Gasteiger partial charge is 0.286 e. The summed E-state index contributed by atoms with van der Waals surface area (Å²) in [5, 5.41) is 2.89. The van der Waals surface area contributed by atoms with Gasteiger partial charge in [0.1, 0.15) is 11.6 Å². The Morgan fingerprint density at radius 2 is 1.94 bits per heavy atom.